The normalized spacial score (nSPS) is 18.7. The first-order chi connectivity index (χ1) is 8.60. The van der Waals surface area contributed by atoms with Gasteiger partial charge in [0, 0.05) is 22.1 Å². The van der Waals surface area contributed by atoms with Gasteiger partial charge in [-0.1, -0.05) is 43.0 Å². The summed E-state index contributed by atoms with van der Waals surface area (Å²) in [6.45, 7) is 4.40. The maximum absolute atomic E-state index is 6.24. The minimum Gasteiger partial charge on any atom is -0.307 e. The van der Waals surface area contributed by atoms with Crippen LogP contribution in [0.2, 0.25) is 10.0 Å². The van der Waals surface area contributed by atoms with Gasteiger partial charge in [0.2, 0.25) is 0 Å². The van der Waals surface area contributed by atoms with Crippen LogP contribution in [0.4, 0.5) is 0 Å². The fourth-order valence-corrected chi connectivity index (χ4v) is 2.86. The summed E-state index contributed by atoms with van der Waals surface area (Å²) in [6.07, 6.45) is 5.27. The molecule has 1 aromatic carbocycles. The molecule has 0 bridgehead atoms. The van der Waals surface area contributed by atoms with E-state index in [1.807, 2.05) is 18.2 Å². The Labute approximate surface area is 120 Å². The van der Waals surface area contributed by atoms with Crippen molar-refractivity contribution >= 4 is 23.2 Å². The SMILES string of the molecule is CCC(CC1CC1)NC(C)c1cc(Cl)ccc1Cl. The van der Waals surface area contributed by atoms with Gasteiger partial charge in [0.05, 0.1) is 0 Å². The molecule has 0 saturated heterocycles. The molecular formula is C15H21Cl2N. The highest BCUT2D eigenvalue weighted by molar-refractivity contribution is 6.33. The molecule has 100 valence electrons. The average Bonchev–Trinajstić information content (AvgIpc) is 3.15. The molecule has 1 nitrogen and oxygen atoms in total. The number of nitrogens with one attached hydrogen (secondary N) is 1. The second kappa shape index (κ2) is 6.27. The van der Waals surface area contributed by atoms with Crippen LogP contribution in [0, 0.1) is 5.92 Å². The summed E-state index contributed by atoms with van der Waals surface area (Å²) in [5, 5.41) is 5.22. The van der Waals surface area contributed by atoms with Gasteiger partial charge in [-0.25, -0.2) is 0 Å². The number of hydrogen-bond acceptors (Lipinski definition) is 1. The van der Waals surface area contributed by atoms with E-state index in [0.717, 1.165) is 21.5 Å². The first-order valence-electron chi connectivity index (χ1n) is 6.81. The molecule has 2 unspecified atom stereocenters. The Morgan fingerprint density at radius 3 is 2.67 bits per heavy atom. The molecule has 0 amide bonds. The van der Waals surface area contributed by atoms with Crippen molar-refractivity contribution in [1.29, 1.82) is 0 Å². The zero-order valence-corrected chi connectivity index (χ0v) is 12.6. The maximum Gasteiger partial charge on any atom is 0.0454 e. The second-order valence-electron chi connectivity index (χ2n) is 5.34. The quantitative estimate of drug-likeness (QED) is 0.755. The number of hydrogen-bond donors (Lipinski definition) is 1. The third-order valence-electron chi connectivity index (χ3n) is 3.72. The third kappa shape index (κ3) is 3.88. The zero-order chi connectivity index (χ0) is 13.1. The van der Waals surface area contributed by atoms with Gasteiger partial charge in [-0.2, -0.15) is 0 Å². The van der Waals surface area contributed by atoms with Crippen LogP contribution in [0.25, 0.3) is 0 Å². The lowest BCUT2D eigenvalue weighted by Gasteiger charge is -2.23. The van der Waals surface area contributed by atoms with Crippen LogP contribution in [0.3, 0.4) is 0 Å². The molecule has 0 spiro atoms. The molecule has 3 heteroatoms. The summed E-state index contributed by atoms with van der Waals surface area (Å²) in [6, 6.07) is 6.51. The summed E-state index contributed by atoms with van der Waals surface area (Å²) >= 11 is 12.3. The van der Waals surface area contributed by atoms with Crippen LogP contribution in [0.5, 0.6) is 0 Å². The topological polar surface area (TPSA) is 12.0 Å². The van der Waals surface area contributed by atoms with Crippen LogP contribution < -0.4 is 5.32 Å². The molecule has 0 aromatic heterocycles. The molecule has 1 aliphatic rings. The minimum absolute atomic E-state index is 0.250. The van der Waals surface area contributed by atoms with Crippen LogP contribution >= 0.6 is 23.2 Å². The van der Waals surface area contributed by atoms with Crippen molar-refractivity contribution in [1.82, 2.24) is 5.32 Å². The van der Waals surface area contributed by atoms with E-state index < -0.39 is 0 Å². The van der Waals surface area contributed by atoms with Crippen molar-refractivity contribution in [2.75, 3.05) is 0 Å². The van der Waals surface area contributed by atoms with Gasteiger partial charge >= 0.3 is 0 Å². The van der Waals surface area contributed by atoms with Gasteiger partial charge in [0.25, 0.3) is 0 Å². The molecule has 0 radical (unpaired) electrons. The van der Waals surface area contributed by atoms with E-state index in [4.69, 9.17) is 23.2 Å². The van der Waals surface area contributed by atoms with E-state index in [9.17, 15) is 0 Å². The Kier molecular flexibility index (Phi) is 4.94. The molecule has 1 aliphatic carbocycles. The Balaban J connectivity index is 2.00. The van der Waals surface area contributed by atoms with Gasteiger partial charge in [0.15, 0.2) is 0 Å². The van der Waals surface area contributed by atoms with Gasteiger partial charge in [-0.3, -0.25) is 0 Å². The fourth-order valence-electron chi connectivity index (χ4n) is 2.40. The summed E-state index contributed by atoms with van der Waals surface area (Å²) in [5.74, 6) is 0.949. The van der Waals surface area contributed by atoms with E-state index in [0.29, 0.717) is 6.04 Å². The van der Waals surface area contributed by atoms with Gasteiger partial charge in [-0.05, 0) is 49.4 Å². The van der Waals surface area contributed by atoms with Crippen molar-refractivity contribution in [2.45, 2.75) is 51.6 Å². The van der Waals surface area contributed by atoms with Crippen molar-refractivity contribution in [2.24, 2.45) is 5.92 Å². The first kappa shape index (κ1) is 14.2. The molecule has 0 heterocycles. The Morgan fingerprint density at radius 1 is 1.33 bits per heavy atom. The molecule has 18 heavy (non-hydrogen) atoms. The minimum atomic E-state index is 0.250. The van der Waals surface area contributed by atoms with Crippen LogP contribution in [-0.2, 0) is 0 Å². The van der Waals surface area contributed by atoms with Gasteiger partial charge in [-0.15, -0.1) is 0 Å². The zero-order valence-electron chi connectivity index (χ0n) is 11.0. The summed E-state index contributed by atoms with van der Waals surface area (Å²) in [5.41, 5.74) is 1.10. The summed E-state index contributed by atoms with van der Waals surface area (Å²) in [7, 11) is 0. The molecule has 1 aromatic rings. The standard InChI is InChI=1S/C15H21Cl2N/c1-3-13(8-11-4-5-11)18-10(2)14-9-12(16)6-7-15(14)17/h6-7,9-11,13,18H,3-5,8H2,1-2H3. The van der Waals surface area contributed by atoms with E-state index in [1.54, 1.807) is 0 Å². The number of rotatable bonds is 6. The number of halogens is 2. The predicted molar refractivity (Wildman–Crippen MR) is 79.4 cm³/mol. The molecule has 1 saturated carbocycles. The third-order valence-corrected chi connectivity index (χ3v) is 4.30. The molecular weight excluding hydrogens is 265 g/mol. The molecule has 1 fully saturated rings. The van der Waals surface area contributed by atoms with Gasteiger partial charge in [0.1, 0.15) is 0 Å². The van der Waals surface area contributed by atoms with Crippen molar-refractivity contribution < 1.29 is 0 Å². The van der Waals surface area contributed by atoms with Crippen molar-refractivity contribution in [3.63, 3.8) is 0 Å². The molecule has 0 aliphatic heterocycles. The largest absolute Gasteiger partial charge is 0.307 e. The lowest BCUT2D eigenvalue weighted by Crippen LogP contribution is -2.31. The highest BCUT2D eigenvalue weighted by Gasteiger charge is 2.25. The fraction of sp³-hybridized carbons (Fsp3) is 0.600. The highest BCUT2D eigenvalue weighted by atomic mass is 35.5. The lowest BCUT2D eigenvalue weighted by atomic mass is 10.0. The van der Waals surface area contributed by atoms with Crippen molar-refractivity contribution in [3.8, 4) is 0 Å². The summed E-state index contributed by atoms with van der Waals surface area (Å²) in [4.78, 5) is 0. The van der Waals surface area contributed by atoms with Crippen LogP contribution in [0.15, 0.2) is 18.2 Å². The van der Waals surface area contributed by atoms with Crippen LogP contribution in [-0.4, -0.2) is 6.04 Å². The average molecular weight is 286 g/mol. The van der Waals surface area contributed by atoms with Crippen LogP contribution in [0.1, 0.15) is 51.1 Å². The maximum atomic E-state index is 6.24. The Bertz CT molecular complexity index is 401. The van der Waals surface area contributed by atoms with E-state index >= 15 is 0 Å². The van der Waals surface area contributed by atoms with E-state index in [1.165, 1.54) is 25.7 Å². The van der Waals surface area contributed by atoms with E-state index in [2.05, 4.69) is 19.2 Å². The Morgan fingerprint density at radius 2 is 2.06 bits per heavy atom. The van der Waals surface area contributed by atoms with E-state index in [-0.39, 0.29) is 6.04 Å². The number of benzene rings is 1. The van der Waals surface area contributed by atoms with Crippen molar-refractivity contribution in [3.05, 3.63) is 33.8 Å². The highest BCUT2D eigenvalue weighted by Crippen LogP contribution is 2.35. The lowest BCUT2D eigenvalue weighted by molar-refractivity contribution is 0.404. The predicted octanol–water partition coefficient (Wildman–Crippen LogP) is 5.22. The molecule has 1 N–H and O–H groups in total. The first-order valence-corrected chi connectivity index (χ1v) is 7.56. The monoisotopic (exact) mass is 285 g/mol. The molecule has 2 atom stereocenters. The molecule has 2 rings (SSSR count). The smallest absolute Gasteiger partial charge is 0.0454 e. The Hall–Kier alpha value is -0.240. The second-order valence-corrected chi connectivity index (χ2v) is 6.18. The summed E-state index contributed by atoms with van der Waals surface area (Å²) < 4.78 is 0. The van der Waals surface area contributed by atoms with Gasteiger partial charge < -0.3 is 5.32 Å².